The molecule has 4 heteroatoms. The summed E-state index contributed by atoms with van der Waals surface area (Å²) in [6.07, 6.45) is 1.47. The molecular formula is C11H16BrNO2. The average Bonchev–Trinajstić information content (AvgIpc) is 2.25. The third-order valence-corrected chi connectivity index (χ3v) is 2.76. The fraction of sp³-hybridized carbons (Fsp3) is 0.455. The highest BCUT2D eigenvalue weighted by Gasteiger charge is 2.11. The number of benzene rings is 1. The molecule has 0 bridgehead atoms. The van der Waals surface area contributed by atoms with Crippen LogP contribution in [0, 0.1) is 0 Å². The van der Waals surface area contributed by atoms with Gasteiger partial charge in [0.25, 0.3) is 0 Å². The summed E-state index contributed by atoms with van der Waals surface area (Å²) in [5, 5.41) is 8.74. The van der Waals surface area contributed by atoms with Gasteiger partial charge in [0.2, 0.25) is 0 Å². The van der Waals surface area contributed by atoms with Crippen molar-refractivity contribution in [1.82, 2.24) is 0 Å². The molecule has 0 aliphatic rings. The molecule has 0 heterocycles. The first kappa shape index (κ1) is 12.5. The lowest BCUT2D eigenvalue weighted by Crippen LogP contribution is -2.12. The zero-order chi connectivity index (χ0) is 11.3. The molecular weight excluding hydrogens is 258 g/mol. The van der Waals surface area contributed by atoms with Crippen LogP contribution < -0.4 is 10.5 Å². The van der Waals surface area contributed by atoms with Gasteiger partial charge in [-0.15, -0.1) is 0 Å². The van der Waals surface area contributed by atoms with E-state index in [0.29, 0.717) is 6.42 Å². The van der Waals surface area contributed by atoms with E-state index < -0.39 is 0 Å². The number of ether oxygens (including phenoxy) is 1. The standard InChI is InChI=1S/C11H16BrNO2/c1-15-11-7-8(12)4-5-9(11)10(13)3-2-6-14/h4-5,7,10,14H,2-3,6,13H2,1H3/t10-/m0/s1. The molecule has 84 valence electrons. The summed E-state index contributed by atoms with van der Waals surface area (Å²) in [5.74, 6) is 0.787. The Morgan fingerprint density at radius 1 is 1.53 bits per heavy atom. The number of rotatable bonds is 5. The van der Waals surface area contributed by atoms with Gasteiger partial charge in [-0.05, 0) is 25.0 Å². The topological polar surface area (TPSA) is 55.5 Å². The van der Waals surface area contributed by atoms with Crippen LogP contribution in [0.15, 0.2) is 22.7 Å². The van der Waals surface area contributed by atoms with Crippen LogP contribution in [0.3, 0.4) is 0 Å². The Labute approximate surface area is 98.4 Å². The van der Waals surface area contributed by atoms with Gasteiger partial charge in [0.05, 0.1) is 7.11 Å². The number of aliphatic hydroxyl groups excluding tert-OH is 1. The van der Waals surface area contributed by atoms with Gasteiger partial charge in [-0.2, -0.15) is 0 Å². The van der Waals surface area contributed by atoms with E-state index in [9.17, 15) is 0 Å². The molecule has 0 aliphatic heterocycles. The first-order valence-corrected chi connectivity index (χ1v) is 5.68. The van der Waals surface area contributed by atoms with Crippen molar-refractivity contribution in [2.24, 2.45) is 5.73 Å². The normalized spacial score (nSPS) is 12.5. The molecule has 0 saturated carbocycles. The molecule has 3 nitrogen and oxygen atoms in total. The third-order valence-electron chi connectivity index (χ3n) is 2.27. The number of nitrogens with two attached hydrogens (primary N) is 1. The fourth-order valence-corrected chi connectivity index (χ4v) is 1.80. The van der Waals surface area contributed by atoms with Gasteiger partial charge < -0.3 is 15.6 Å². The van der Waals surface area contributed by atoms with Crippen molar-refractivity contribution in [3.05, 3.63) is 28.2 Å². The van der Waals surface area contributed by atoms with Crippen LogP contribution in [0.25, 0.3) is 0 Å². The SMILES string of the molecule is COc1cc(Br)ccc1[C@@H](N)CCCO. The maximum absolute atomic E-state index is 8.74. The van der Waals surface area contributed by atoms with E-state index in [1.54, 1.807) is 7.11 Å². The van der Waals surface area contributed by atoms with Crippen LogP contribution in [0.2, 0.25) is 0 Å². The smallest absolute Gasteiger partial charge is 0.124 e. The third kappa shape index (κ3) is 3.48. The highest BCUT2D eigenvalue weighted by Crippen LogP contribution is 2.29. The lowest BCUT2D eigenvalue weighted by atomic mass is 10.0. The van der Waals surface area contributed by atoms with Gasteiger partial charge in [0.1, 0.15) is 5.75 Å². The molecule has 15 heavy (non-hydrogen) atoms. The van der Waals surface area contributed by atoms with Crippen molar-refractivity contribution in [3.8, 4) is 5.75 Å². The number of hydrogen-bond donors (Lipinski definition) is 2. The maximum atomic E-state index is 8.74. The molecule has 0 fully saturated rings. The Hall–Kier alpha value is -0.580. The van der Waals surface area contributed by atoms with Crippen molar-refractivity contribution in [2.45, 2.75) is 18.9 Å². The molecule has 0 unspecified atom stereocenters. The molecule has 0 amide bonds. The molecule has 1 rings (SSSR count). The monoisotopic (exact) mass is 273 g/mol. The van der Waals surface area contributed by atoms with Crippen molar-refractivity contribution < 1.29 is 9.84 Å². The van der Waals surface area contributed by atoms with E-state index in [0.717, 1.165) is 22.2 Å². The van der Waals surface area contributed by atoms with Gasteiger partial charge >= 0.3 is 0 Å². The Morgan fingerprint density at radius 3 is 2.87 bits per heavy atom. The van der Waals surface area contributed by atoms with Crippen LogP contribution in [0.4, 0.5) is 0 Å². The van der Waals surface area contributed by atoms with Gasteiger partial charge in [-0.25, -0.2) is 0 Å². The largest absolute Gasteiger partial charge is 0.496 e. The molecule has 0 aliphatic carbocycles. The summed E-state index contributed by atoms with van der Waals surface area (Å²) < 4.78 is 6.22. The molecule has 1 aromatic carbocycles. The lowest BCUT2D eigenvalue weighted by molar-refractivity contribution is 0.279. The van der Waals surface area contributed by atoms with Crippen LogP contribution in [0.1, 0.15) is 24.4 Å². The minimum absolute atomic E-state index is 0.0831. The van der Waals surface area contributed by atoms with E-state index in [-0.39, 0.29) is 12.6 Å². The zero-order valence-corrected chi connectivity index (χ0v) is 10.3. The second-order valence-corrected chi connectivity index (χ2v) is 4.27. The Kier molecular flexibility index (Phi) is 5.08. The number of hydrogen-bond acceptors (Lipinski definition) is 3. The number of aliphatic hydroxyl groups is 1. The van der Waals surface area contributed by atoms with Gasteiger partial charge in [0, 0.05) is 22.7 Å². The molecule has 0 saturated heterocycles. The second-order valence-electron chi connectivity index (χ2n) is 3.36. The van der Waals surface area contributed by atoms with Crippen molar-refractivity contribution >= 4 is 15.9 Å². The Balaban J connectivity index is 2.82. The molecule has 0 radical (unpaired) electrons. The zero-order valence-electron chi connectivity index (χ0n) is 8.74. The molecule has 0 aromatic heterocycles. The quantitative estimate of drug-likeness (QED) is 0.865. The highest BCUT2D eigenvalue weighted by molar-refractivity contribution is 9.10. The summed E-state index contributed by atoms with van der Waals surface area (Å²) in [6, 6.07) is 5.70. The summed E-state index contributed by atoms with van der Waals surface area (Å²) in [7, 11) is 1.63. The van der Waals surface area contributed by atoms with E-state index in [1.165, 1.54) is 0 Å². The predicted octanol–water partition coefficient (Wildman–Crippen LogP) is 2.23. The van der Waals surface area contributed by atoms with Crippen LogP contribution in [0.5, 0.6) is 5.75 Å². The Morgan fingerprint density at radius 2 is 2.27 bits per heavy atom. The molecule has 1 atom stereocenters. The number of halogens is 1. The van der Waals surface area contributed by atoms with Crippen LogP contribution >= 0.6 is 15.9 Å². The summed E-state index contributed by atoms with van der Waals surface area (Å²) >= 11 is 3.38. The lowest BCUT2D eigenvalue weighted by Gasteiger charge is -2.15. The molecule has 0 spiro atoms. The van der Waals surface area contributed by atoms with E-state index in [1.807, 2.05) is 18.2 Å². The van der Waals surface area contributed by atoms with Crippen LogP contribution in [-0.4, -0.2) is 18.8 Å². The van der Waals surface area contributed by atoms with E-state index >= 15 is 0 Å². The van der Waals surface area contributed by atoms with E-state index in [2.05, 4.69) is 15.9 Å². The fourth-order valence-electron chi connectivity index (χ4n) is 1.46. The molecule has 3 N–H and O–H groups in total. The van der Waals surface area contributed by atoms with Crippen molar-refractivity contribution in [1.29, 1.82) is 0 Å². The van der Waals surface area contributed by atoms with Crippen LogP contribution in [-0.2, 0) is 0 Å². The van der Waals surface area contributed by atoms with Crippen molar-refractivity contribution in [2.75, 3.05) is 13.7 Å². The minimum Gasteiger partial charge on any atom is -0.496 e. The maximum Gasteiger partial charge on any atom is 0.124 e. The second kappa shape index (κ2) is 6.10. The minimum atomic E-state index is -0.0831. The van der Waals surface area contributed by atoms with Gasteiger partial charge in [-0.1, -0.05) is 22.0 Å². The van der Waals surface area contributed by atoms with Gasteiger partial charge in [-0.3, -0.25) is 0 Å². The summed E-state index contributed by atoms with van der Waals surface area (Å²) in [6.45, 7) is 0.173. The Bertz CT molecular complexity index is 317. The predicted molar refractivity (Wildman–Crippen MR) is 63.9 cm³/mol. The highest BCUT2D eigenvalue weighted by atomic mass is 79.9. The number of methoxy groups -OCH3 is 1. The average molecular weight is 274 g/mol. The molecule has 1 aromatic rings. The first-order valence-electron chi connectivity index (χ1n) is 4.89. The summed E-state index contributed by atoms with van der Waals surface area (Å²) in [4.78, 5) is 0. The van der Waals surface area contributed by atoms with E-state index in [4.69, 9.17) is 15.6 Å². The first-order chi connectivity index (χ1) is 7.19. The van der Waals surface area contributed by atoms with Gasteiger partial charge in [0.15, 0.2) is 0 Å². The van der Waals surface area contributed by atoms with Crippen molar-refractivity contribution in [3.63, 3.8) is 0 Å². The summed E-state index contributed by atoms with van der Waals surface area (Å²) in [5.41, 5.74) is 6.98.